The number of rotatable bonds is 10. The van der Waals surface area contributed by atoms with Crippen LogP contribution < -0.4 is 18.9 Å². The zero-order chi connectivity index (χ0) is 26.8. The summed E-state index contributed by atoms with van der Waals surface area (Å²) < 4.78 is 32.9. The molecule has 5 rings (SSSR count). The van der Waals surface area contributed by atoms with Crippen LogP contribution in [0.3, 0.4) is 0 Å². The number of nitrogens with zero attached hydrogens (tertiary/aromatic N) is 3. The van der Waals surface area contributed by atoms with Crippen LogP contribution in [0.25, 0.3) is 33.1 Å². The Balaban J connectivity index is 1.78. The maximum Gasteiger partial charge on any atom is 0.353 e. The molecule has 2 aromatic heterocycles. The van der Waals surface area contributed by atoms with Crippen LogP contribution in [-0.4, -0.2) is 52.3 Å². The second-order valence-corrected chi connectivity index (χ2v) is 9.17. The van der Waals surface area contributed by atoms with Crippen molar-refractivity contribution in [2.24, 2.45) is 0 Å². The molecule has 0 fully saturated rings. The lowest BCUT2D eigenvalue weighted by Gasteiger charge is -2.15. The summed E-state index contributed by atoms with van der Waals surface area (Å²) in [6.45, 7) is 2.91. The van der Waals surface area contributed by atoms with Crippen molar-refractivity contribution >= 4 is 39.6 Å². The summed E-state index contributed by atoms with van der Waals surface area (Å²) in [4.78, 5) is 12.9. The number of carboxylic acids is 1. The number of carboxylic acid groups (broad SMARTS) is 1. The highest BCUT2D eigenvalue weighted by Crippen LogP contribution is 2.45. The van der Waals surface area contributed by atoms with Gasteiger partial charge in [0.05, 0.1) is 39.7 Å². The molecule has 0 aliphatic carbocycles. The van der Waals surface area contributed by atoms with Crippen molar-refractivity contribution in [2.75, 3.05) is 27.9 Å². The van der Waals surface area contributed by atoms with Gasteiger partial charge in [0.2, 0.25) is 5.75 Å². The SMILES string of the molecule is CCCOc1ccc2c(c1)c(-c1cc(OC)c(OC)c(OC)c1)c(C(=O)O)n2Cc1ccc2nsnc2c1. The van der Waals surface area contributed by atoms with Crippen LogP contribution in [0.15, 0.2) is 48.5 Å². The molecule has 0 radical (unpaired) electrons. The minimum absolute atomic E-state index is 0.137. The number of benzene rings is 3. The summed E-state index contributed by atoms with van der Waals surface area (Å²) in [5.41, 5.74) is 4.54. The van der Waals surface area contributed by atoms with Crippen molar-refractivity contribution in [3.05, 3.63) is 59.8 Å². The Kier molecular flexibility index (Phi) is 7.06. The molecule has 9 nitrogen and oxygen atoms in total. The Hall–Kier alpha value is -4.31. The summed E-state index contributed by atoms with van der Waals surface area (Å²) in [6, 6.07) is 15.0. The normalized spacial score (nSPS) is 11.2. The first kappa shape index (κ1) is 25.3. The van der Waals surface area contributed by atoms with Crippen LogP contribution >= 0.6 is 11.7 Å². The fraction of sp³-hybridized carbons (Fsp3) is 0.250. The first-order valence-corrected chi connectivity index (χ1v) is 12.8. The zero-order valence-electron chi connectivity index (χ0n) is 21.5. The molecule has 2 heterocycles. The molecular weight excluding hydrogens is 506 g/mol. The third-order valence-electron chi connectivity index (χ3n) is 6.32. The van der Waals surface area contributed by atoms with E-state index in [0.29, 0.717) is 47.3 Å². The van der Waals surface area contributed by atoms with Crippen LogP contribution in [0.4, 0.5) is 0 Å². The molecule has 10 heteroatoms. The van der Waals surface area contributed by atoms with Gasteiger partial charge in [0.25, 0.3) is 0 Å². The molecule has 0 spiro atoms. The van der Waals surface area contributed by atoms with Gasteiger partial charge in [-0.3, -0.25) is 0 Å². The molecule has 1 N–H and O–H groups in total. The van der Waals surface area contributed by atoms with Crippen molar-refractivity contribution in [1.82, 2.24) is 13.3 Å². The molecule has 0 unspecified atom stereocenters. The summed E-state index contributed by atoms with van der Waals surface area (Å²) in [6.07, 6.45) is 0.854. The van der Waals surface area contributed by atoms with Gasteiger partial charge >= 0.3 is 5.97 Å². The van der Waals surface area contributed by atoms with Gasteiger partial charge in [-0.15, -0.1) is 0 Å². The molecule has 0 saturated carbocycles. The van der Waals surface area contributed by atoms with Crippen LogP contribution in [-0.2, 0) is 6.54 Å². The monoisotopic (exact) mass is 533 g/mol. The number of aromatic nitrogens is 3. The maximum absolute atomic E-state index is 12.9. The summed E-state index contributed by atoms with van der Waals surface area (Å²) in [7, 11) is 4.59. The molecule has 0 aliphatic heterocycles. The van der Waals surface area contributed by atoms with E-state index in [2.05, 4.69) is 8.75 Å². The number of aromatic carboxylic acids is 1. The fourth-order valence-electron chi connectivity index (χ4n) is 4.66. The van der Waals surface area contributed by atoms with E-state index < -0.39 is 5.97 Å². The smallest absolute Gasteiger partial charge is 0.353 e. The molecule has 3 aromatic carbocycles. The molecule has 5 aromatic rings. The van der Waals surface area contributed by atoms with Gasteiger partial charge < -0.3 is 28.6 Å². The van der Waals surface area contributed by atoms with Gasteiger partial charge in [0, 0.05) is 23.0 Å². The van der Waals surface area contributed by atoms with Gasteiger partial charge in [0.15, 0.2) is 11.5 Å². The Morgan fingerprint density at radius 1 is 0.947 bits per heavy atom. The average molecular weight is 534 g/mol. The van der Waals surface area contributed by atoms with E-state index in [1.165, 1.54) is 21.3 Å². The molecule has 0 saturated heterocycles. The zero-order valence-corrected chi connectivity index (χ0v) is 22.3. The van der Waals surface area contributed by atoms with Gasteiger partial charge in [0.1, 0.15) is 22.5 Å². The molecule has 38 heavy (non-hydrogen) atoms. The van der Waals surface area contributed by atoms with Gasteiger partial charge in [-0.1, -0.05) is 13.0 Å². The van der Waals surface area contributed by atoms with Gasteiger partial charge in [-0.2, -0.15) is 8.75 Å². The fourth-order valence-corrected chi connectivity index (χ4v) is 5.17. The standard InChI is InChI=1S/C28H27N3O6S/c1-5-10-37-18-7-9-22-19(14-18)25(17-12-23(34-2)27(36-4)24(13-17)35-3)26(28(32)33)31(22)15-16-6-8-20-21(11-16)30-38-29-20/h6-9,11-14H,5,10,15H2,1-4H3,(H,32,33). The van der Waals surface area contributed by atoms with Crippen molar-refractivity contribution < 1.29 is 28.8 Å². The van der Waals surface area contributed by atoms with E-state index in [0.717, 1.165) is 45.6 Å². The molecule has 196 valence electrons. The Bertz CT molecular complexity index is 1620. The van der Waals surface area contributed by atoms with Crippen LogP contribution in [0.1, 0.15) is 29.4 Å². The number of hydrogen-bond donors (Lipinski definition) is 1. The second kappa shape index (κ2) is 10.6. The second-order valence-electron chi connectivity index (χ2n) is 8.64. The van der Waals surface area contributed by atoms with Crippen molar-refractivity contribution in [3.63, 3.8) is 0 Å². The van der Waals surface area contributed by atoms with E-state index in [1.54, 1.807) is 16.7 Å². The number of ether oxygens (including phenoxy) is 4. The number of carbonyl (C=O) groups is 1. The van der Waals surface area contributed by atoms with E-state index >= 15 is 0 Å². The van der Waals surface area contributed by atoms with Gasteiger partial charge in [-0.25, -0.2) is 4.79 Å². The van der Waals surface area contributed by atoms with E-state index in [4.69, 9.17) is 18.9 Å². The Morgan fingerprint density at radius 2 is 1.68 bits per heavy atom. The Morgan fingerprint density at radius 3 is 2.34 bits per heavy atom. The van der Waals surface area contributed by atoms with Crippen LogP contribution in [0.2, 0.25) is 0 Å². The van der Waals surface area contributed by atoms with E-state index in [9.17, 15) is 9.90 Å². The predicted molar refractivity (Wildman–Crippen MR) is 146 cm³/mol. The summed E-state index contributed by atoms with van der Waals surface area (Å²) in [5, 5.41) is 11.3. The maximum atomic E-state index is 12.9. The molecule has 0 amide bonds. The third kappa shape index (κ3) is 4.47. The molecule has 0 bridgehead atoms. The summed E-state index contributed by atoms with van der Waals surface area (Å²) in [5.74, 6) is 0.893. The van der Waals surface area contributed by atoms with Gasteiger partial charge in [-0.05, 0) is 60.0 Å². The molecular formula is C28H27N3O6S. The molecule has 0 aliphatic rings. The van der Waals surface area contributed by atoms with Crippen molar-refractivity contribution in [2.45, 2.75) is 19.9 Å². The lowest BCUT2D eigenvalue weighted by molar-refractivity contribution is 0.0687. The van der Waals surface area contributed by atoms with Crippen LogP contribution in [0.5, 0.6) is 23.0 Å². The quantitative estimate of drug-likeness (QED) is 0.238. The van der Waals surface area contributed by atoms with E-state index in [-0.39, 0.29) is 5.69 Å². The lowest BCUT2D eigenvalue weighted by Crippen LogP contribution is -2.10. The summed E-state index contributed by atoms with van der Waals surface area (Å²) >= 11 is 1.15. The highest BCUT2D eigenvalue weighted by molar-refractivity contribution is 7.00. The lowest BCUT2D eigenvalue weighted by atomic mass is 10.0. The average Bonchev–Trinajstić information content (AvgIpc) is 3.53. The van der Waals surface area contributed by atoms with Crippen molar-refractivity contribution in [3.8, 4) is 34.1 Å². The third-order valence-corrected chi connectivity index (χ3v) is 6.88. The van der Waals surface area contributed by atoms with Crippen LogP contribution in [0, 0.1) is 0 Å². The number of hydrogen-bond acceptors (Lipinski definition) is 8. The number of fused-ring (bicyclic) bond motifs is 2. The number of methoxy groups -OCH3 is 3. The predicted octanol–water partition coefficient (Wildman–Crippen LogP) is 5.87. The van der Waals surface area contributed by atoms with Crippen molar-refractivity contribution in [1.29, 1.82) is 0 Å². The minimum atomic E-state index is -1.06. The minimum Gasteiger partial charge on any atom is -0.494 e. The molecule has 0 atom stereocenters. The first-order chi connectivity index (χ1) is 18.5. The first-order valence-electron chi connectivity index (χ1n) is 12.0. The highest BCUT2D eigenvalue weighted by Gasteiger charge is 2.26. The largest absolute Gasteiger partial charge is 0.494 e. The highest BCUT2D eigenvalue weighted by atomic mass is 32.1. The van der Waals surface area contributed by atoms with E-state index in [1.807, 2.05) is 43.3 Å². The Labute approximate surface area is 223 Å². The topological polar surface area (TPSA) is 105 Å².